The van der Waals surface area contributed by atoms with Gasteiger partial charge in [-0.15, -0.1) is 0 Å². The van der Waals surface area contributed by atoms with Crippen molar-refractivity contribution < 1.29 is 9.90 Å². The molecule has 4 nitrogen and oxygen atoms in total. The highest BCUT2D eigenvalue weighted by Crippen LogP contribution is 2.24. The lowest BCUT2D eigenvalue weighted by Crippen LogP contribution is -2.53. The first-order valence-electron chi connectivity index (χ1n) is 7.20. The Morgan fingerprint density at radius 2 is 2.11 bits per heavy atom. The topological polar surface area (TPSA) is 61.4 Å². The minimum Gasteiger partial charge on any atom is -0.396 e. The zero-order valence-electron chi connectivity index (χ0n) is 12.0. The highest BCUT2D eigenvalue weighted by molar-refractivity contribution is 5.82. The van der Waals surface area contributed by atoms with Crippen LogP contribution in [0.15, 0.2) is 0 Å². The van der Waals surface area contributed by atoms with Crippen LogP contribution < -0.4 is 10.6 Å². The van der Waals surface area contributed by atoms with Crippen LogP contribution in [-0.4, -0.2) is 36.8 Å². The fourth-order valence-corrected chi connectivity index (χ4v) is 2.56. The summed E-state index contributed by atoms with van der Waals surface area (Å²) < 4.78 is 0. The van der Waals surface area contributed by atoms with Crippen LogP contribution in [0.4, 0.5) is 0 Å². The Hall–Kier alpha value is -0.610. The standard InChI is InChI=1S/C14H28N2O2/c1-4-14(5-2,10-17)9-16-13(18)12-11(3)7-6-8-15-12/h11-12,15,17H,4-10H2,1-3H3,(H,16,18). The van der Waals surface area contributed by atoms with Gasteiger partial charge in [0.15, 0.2) is 0 Å². The molecule has 1 aliphatic rings. The number of rotatable bonds is 6. The molecule has 1 aliphatic heterocycles. The van der Waals surface area contributed by atoms with E-state index in [0.717, 1.165) is 32.2 Å². The number of piperidine rings is 1. The van der Waals surface area contributed by atoms with Gasteiger partial charge in [0, 0.05) is 12.0 Å². The van der Waals surface area contributed by atoms with E-state index in [9.17, 15) is 9.90 Å². The van der Waals surface area contributed by atoms with Crippen LogP contribution in [-0.2, 0) is 4.79 Å². The minimum atomic E-state index is -0.159. The van der Waals surface area contributed by atoms with Crippen LogP contribution in [0, 0.1) is 11.3 Å². The van der Waals surface area contributed by atoms with Gasteiger partial charge in [-0.1, -0.05) is 20.8 Å². The van der Waals surface area contributed by atoms with Crippen LogP contribution in [0.2, 0.25) is 0 Å². The van der Waals surface area contributed by atoms with Crippen molar-refractivity contribution in [2.75, 3.05) is 19.7 Å². The van der Waals surface area contributed by atoms with Crippen molar-refractivity contribution in [2.45, 2.75) is 52.5 Å². The summed E-state index contributed by atoms with van der Waals surface area (Å²) in [5.74, 6) is 0.479. The fourth-order valence-electron chi connectivity index (χ4n) is 2.56. The van der Waals surface area contributed by atoms with Gasteiger partial charge in [-0.05, 0) is 38.1 Å². The molecule has 0 aromatic rings. The highest BCUT2D eigenvalue weighted by atomic mass is 16.3. The Bertz CT molecular complexity index is 256. The van der Waals surface area contributed by atoms with Crippen LogP contribution in [0.5, 0.6) is 0 Å². The molecule has 0 aromatic carbocycles. The van der Waals surface area contributed by atoms with E-state index in [4.69, 9.17) is 0 Å². The van der Waals surface area contributed by atoms with E-state index in [2.05, 4.69) is 31.4 Å². The number of aliphatic hydroxyl groups is 1. The maximum absolute atomic E-state index is 12.1. The van der Waals surface area contributed by atoms with Crippen LogP contribution in [0.25, 0.3) is 0 Å². The first-order valence-corrected chi connectivity index (χ1v) is 7.20. The predicted octanol–water partition coefficient (Wildman–Crippen LogP) is 1.29. The minimum absolute atomic E-state index is 0.0659. The number of carbonyl (C=O) groups excluding carboxylic acids is 1. The summed E-state index contributed by atoms with van der Waals surface area (Å²) in [6.45, 7) is 7.87. The number of hydrogen-bond acceptors (Lipinski definition) is 3. The van der Waals surface area contributed by atoms with Gasteiger partial charge in [0.2, 0.25) is 5.91 Å². The molecule has 1 fully saturated rings. The van der Waals surface area contributed by atoms with E-state index >= 15 is 0 Å². The molecule has 1 saturated heterocycles. The molecule has 3 N–H and O–H groups in total. The Balaban J connectivity index is 2.49. The van der Waals surface area contributed by atoms with Gasteiger partial charge in [0.25, 0.3) is 0 Å². The maximum atomic E-state index is 12.1. The van der Waals surface area contributed by atoms with Gasteiger partial charge < -0.3 is 15.7 Å². The van der Waals surface area contributed by atoms with Gasteiger partial charge in [0.1, 0.15) is 0 Å². The van der Waals surface area contributed by atoms with E-state index in [1.807, 2.05) is 0 Å². The van der Waals surface area contributed by atoms with Gasteiger partial charge in [-0.2, -0.15) is 0 Å². The molecule has 0 aromatic heterocycles. The molecule has 106 valence electrons. The number of aliphatic hydroxyl groups excluding tert-OH is 1. The molecule has 2 unspecified atom stereocenters. The molecule has 1 heterocycles. The first-order chi connectivity index (χ1) is 8.58. The van der Waals surface area contributed by atoms with E-state index in [0.29, 0.717) is 12.5 Å². The first kappa shape index (κ1) is 15.4. The predicted molar refractivity (Wildman–Crippen MR) is 73.3 cm³/mol. The van der Waals surface area contributed by atoms with Crippen molar-refractivity contribution in [2.24, 2.45) is 11.3 Å². The van der Waals surface area contributed by atoms with Crippen molar-refractivity contribution >= 4 is 5.91 Å². The smallest absolute Gasteiger partial charge is 0.237 e. The Labute approximate surface area is 111 Å². The van der Waals surface area contributed by atoms with Crippen molar-refractivity contribution in [3.8, 4) is 0 Å². The quantitative estimate of drug-likeness (QED) is 0.671. The third-order valence-electron chi connectivity index (χ3n) is 4.53. The summed E-state index contributed by atoms with van der Waals surface area (Å²) in [4.78, 5) is 12.1. The zero-order chi connectivity index (χ0) is 13.6. The summed E-state index contributed by atoms with van der Waals surface area (Å²) in [5, 5.41) is 15.8. The molecule has 18 heavy (non-hydrogen) atoms. The number of amides is 1. The van der Waals surface area contributed by atoms with Gasteiger partial charge >= 0.3 is 0 Å². The largest absolute Gasteiger partial charge is 0.396 e. The van der Waals surface area contributed by atoms with Crippen LogP contribution in [0.1, 0.15) is 46.5 Å². The molecular formula is C14H28N2O2. The van der Waals surface area contributed by atoms with Crippen LogP contribution >= 0.6 is 0 Å². The SMILES string of the molecule is CCC(CC)(CO)CNC(=O)C1NCCCC1C. The second-order valence-electron chi connectivity index (χ2n) is 5.63. The fraction of sp³-hybridized carbons (Fsp3) is 0.929. The number of hydrogen-bond donors (Lipinski definition) is 3. The molecule has 2 atom stereocenters. The summed E-state index contributed by atoms with van der Waals surface area (Å²) in [7, 11) is 0. The number of nitrogens with one attached hydrogen (secondary N) is 2. The zero-order valence-corrected chi connectivity index (χ0v) is 12.0. The lowest BCUT2D eigenvalue weighted by molar-refractivity contribution is -0.125. The Kier molecular flexibility index (Phi) is 6.09. The molecule has 1 rings (SSSR count). The van der Waals surface area contributed by atoms with Gasteiger partial charge in [-0.3, -0.25) is 4.79 Å². The van der Waals surface area contributed by atoms with Gasteiger partial charge in [0.05, 0.1) is 12.6 Å². The second kappa shape index (κ2) is 7.10. The normalized spacial score (nSPS) is 24.9. The average Bonchev–Trinajstić information content (AvgIpc) is 2.41. The molecular weight excluding hydrogens is 228 g/mol. The Morgan fingerprint density at radius 3 is 2.61 bits per heavy atom. The molecule has 4 heteroatoms. The molecule has 0 radical (unpaired) electrons. The van der Waals surface area contributed by atoms with Crippen molar-refractivity contribution in [1.82, 2.24) is 10.6 Å². The average molecular weight is 256 g/mol. The van der Waals surface area contributed by atoms with Gasteiger partial charge in [-0.25, -0.2) is 0 Å². The third-order valence-corrected chi connectivity index (χ3v) is 4.53. The lowest BCUT2D eigenvalue weighted by atomic mass is 9.83. The second-order valence-corrected chi connectivity index (χ2v) is 5.63. The summed E-state index contributed by atoms with van der Waals surface area (Å²) >= 11 is 0. The molecule has 0 aliphatic carbocycles. The third kappa shape index (κ3) is 3.69. The van der Waals surface area contributed by atoms with E-state index < -0.39 is 0 Å². The Morgan fingerprint density at radius 1 is 1.44 bits per heavy atom. The van der Waals surface area contributed by atoms with E-state index in [1.165, 1.54) is 0 Å². The van der Waals surface area contributed by atoms with E-state index in [-0.39, 0.29) is 24.0 Å². The van der Waals surface area contributed by atoms with Crippen molar-refractivity contribution in [1.29, 1.82) is 0 Å². The van der Waals surface area contributed by atoms with Crippen LogP contribution in [0.3, 0.4) is 0 Å². The molecule has 0 saturated carbocycles. The summed E-state index contributed by atoms with van der Waals surface area (Å²) in [6.07, 6.45) is 4.02. The highest BCUT2D eigenvalue weighted by Gasteiger charge is 2.30. The summed E-state index contributed by atoms with van der Waals surface area (Å²) in [6, 6.07) is -0.0659. The van der Waals surface area contributed by atoms with Crippen molar-refractivity contribution in [3.63, 3.8) is 0 Å². The maximum Gasteiger partial charge on any atom is 0.237 e. The van der Waals surface area contributed by atoms with Crippen molar-refractivity contribution in [3.05, 3.63) is 0 Å². The molecule has 0 bridgehead atoms. The molecule has 1 amide bonds. The lowest BCUT2D eigenvalue weighted by Gasteiger charge is -2.33. The number of carbonyl (C=O) groups is 1. The van der Waals surface area contributed by atoms with E-state index in [1.54, 1.807) is 0 Å². The molecule has 0 spiro atoms. The summed E-state index contributed by atoms with van der Waals surface area (Å²) in [5.41, 5.74) is -0.159. The monoisotopic (exact) mass is 256 g/mol.